The minimum atomic E-state index is -1.85. The molecule has 0 aliphatic carbocycles. The fourth-order valence-corrected chi connectivity index (χ4v) is 11.1. The lowest BCUT2D eigenvalue weighted by Crippen LogP contribution is -2.59. The highest BCUT2D eigenvalue weighted by Gasteiger charge is 2.51. The van der Waals surface area contributed by atoms with Crippen molar-refractivity contribution in [3.05, 3.63) is 47.3 Å². The summed E-state index contributed by atoms with van der Waals surface area (Å²) in [6, 6.07) is 5.27. The Hall–Kier alpha value is -2.84. The van der Waals surface area contributed by atoms with Gasteiger partial charge in [0.05, 0.1) is 59.9 Å². The Kier molecular flexibility index (Phi) is 22.4. The zero-order valence-electron chi connectivity index (χ0n) is 46.0. The number of ether oxygens (including phenoxy) is 7. The first-order chi connectivity index (χ1) is 34.7. The number of methoxy groups -OCH3 is 2. The fraction of sp³-hybridized carbons (Fsp3) is 0.830. The van der Waals surface area contributed by atoms with Crippen LogP contribution in [0.3, 0.4) is 0 Å². The van der Waals surface area contributed by atoms with Gasteiger partial charge < -0.3 is 78.7 Å². The van der Waals surface area contributed by atoms with Gasteiger partial charge >= 0.3 is 5.97 Å². The van der Waals surface area contributed by atoms with Crippen LogP contribution in [0.25, 0.3) is 0 Å². The molecule has 21 heteroatoms. The van der Waals surface area contributed by atoms with Crippen LogP contribution in [0, 0.1) is 11.8 Å². The summed E-state index contributed by atoms with van der Waals surface area (Å²) in [5.41, 5.74) is -2.48. The summed E-state index contributed by atoms with van der Waals surface area (Å²) in [4.78, 5) is 18.2. The van der Waals surface area contributed by atoms with Crippen molar-refractivity contribution in [2.75, 3.05) is 54.7 Å². The molecule has 0 radical (unpaired) electrons. The van der Waals surface area contributed by atoms with E-state index < -0.39 is 127 Å². The summed E-state index contributed by atoms with van der Waals surface area (Å²) in [5, 5.41) is 87.2. The monoisotopic (exact) mass is 1060 g/mol. The number of carbonyl (C=O) groups excluding carboxylic acids is 1. The molecule has 0 amide bonds. The van der Waals surface area contributed by atoms with Crippen LogP contribution >= 0.6 is 0 Å². The number of aliphatic hydroxyl groups excluding tert-OH is 5. The van der Waals surface area contributed by atoms with Crippen molar-refractivity contribution in [2.24, 2.45) is 11.8 Å². The number of benzene rings is 1. The summed E-state index contributed by atoms with van der Waals surface area (Å²) < 4.78 is 59.9. The number of rotatable bonds is 18. The van der Waals surface area contributed by atoms with Gasteiger partial charge in [0.25, 0.3) is 0 Å². The molecule has 3 saturated heterocycles. The minimum absolute atomic E-state index is 0.0834. The van der Waals surface area contributed by atoms with Crippen molar-refractivity contribution >= 4 is 5.97 Å². The van der Waals surface area contributed by atoms with E-state index in [2.05, 4.69) is 10.3 Å². The Morgan fingerprint density at radius 1 is 0.973 bits per heavy atom. The predicted molar refractivity (Wildman–Crippen MR) is 270 cm³/mol. The number of cyclic esters (lactones) is 1. The van der Waals surface area contributed by atoms with Crippen LogP contribution in [-0.2, 0) is 50.8 Å². The molecule has 2 aromatic rings. The summed E-state index contributed by atoms with van der Waals surface area (Å²) >= 11 is 0. The molecular formula is C53H90FN5O15. The number of aliphatic hydroxyl groups is 7. The average molecular weight is 1060 g/mol. The molecule has 3 aliphatic heterocycles. The van der Waals surface area contributed by atoms with E-state index in [0.29, 0.717) is 37.2 Å². The smallest absolute Gasteiger partial charge is 0.311 e. The predicted octanol–water partition coefficient (Wildman–Crippen LogP) is 2.65. The van der Waals surface area contributed by atoms with Crippen molar-refractivity contribution in [3.8, 4) is 0 Å². The summed E-state index contributed by atoms with van der Waals surface area (Å²) in [5.74, 6) is -2.02. The van der Waals surface area contributed by atoms with Crippen molar-refractivity contribution < 1.29 is 78.1 Å². The number of likely N-dealkylation sites (N-methyl/N-ethyl adjacent to an activating group) is 2. The third kappa shape index (κ3) is 15.0. The summed E-state index contributed by atoms with van der Waals surface area (Å²) in [7, 11) is 6.67. The van der Waals surface area contributed by atoms with E-state index in [1.54, 1.807) is 72.0 Å². The molecule has 4 heterocycles. The molecule has 3 fully saturated rings. The van der Waals surface area contributed by atoms with Crippen LogP contribution < -0.4 is 0 Å². The van der Waals surface area contributed by atoms with Crippen molar-refractivity contribution in [2.45, 2.75) is 216 Å². The number of hydrogen-bond donors (Lipinski definition) is 7. The first-order valence-electron chi connectivity index (χ1n) is 26.4. The highest BCUT2D eigenvalue weighted by atomic mass is 19.1. The Balaban J connectivity index is 1.40. The summed E-state index contributed by atoms with van der Waals surface area (Å²) in [6.07, 6.45) is -8.81. The summed E-state index contributed by atoms with van der Waals surface area (Å²) in [6.45, 7) is 15.2. The highest BCUT2D eigenvalue weighted by molar-refractivity contribution is 5.73. The Morgan fingerprint density at radius 2 is 1.65 bits per heavy atom. The second-order valence-corrected chi connectivity index (χ2v) is 22.3. The molecule has 0 saturated carbocycles. The number of nitrogens with zero attached hydrogens (tertiary/aromatic N) is 5. The molecular weight excluding hydrogens is 966 g/mol. The van der Waals surface area contributed by atoms with Gasteiger partial charge in [0.1, 0.15) is 48.8 Å². The average Bonchev–Trinajstić information content (AvgIpc) is 3.83. The normalized spacial score (nSPS) is 38.7. The number of esters is 1. The van der Waals surface area contributed by atoms with E-state index in [-0.39, 0.29) is 44.6 Å². The molecule has 1 aromatic heterocycles. The van der Waals surface area contributed by atoms with Crippen LogP contribution in [0.5, 0.6) is 0 Å². The zero-order chi connectivity index (χ0) is 55.0. The first kappa shape index (κ1) is 62.0. The molecule has 3 aliphatic rings. The number of alkyl halides is 1. The van der Waals surface area contributed by atoms with Gasteiger partial charge in [0.15, 0.2) is 12.6 Å². The Bertz CT molecular complexity index is 2020. The van der Waals surface area contributed by atoms with E-state index in [4.69, 9.17) is 33.2 Å². The maximum absolute atomic E-state index is 14.8. The number of halogens is 1. The van der Waals surface area contributed by atoms with E-state index >= 15 is 0 Å². The molecule has 1 aromatic carbocycles. The third-order valence-electron chi connectivity index (χ3n) is 16.1. The standard InChI is InChI=1S/C53H90FN5O15/c1-14-42-53(9,67)47(63)33(5)58(11)27-30(2)24-51(7,66)43(23-41(32(4)49(65)73-42)72-44-25-52(8,69-13)48(64)34(6)71-44)74-50-45(62)39(21-31(3)70-50)57(10)20-19-37-28-59(56-55-37)40(26-54)46(68-12)36-17-15-35(16-18-36)22-38(61)29-60/h15-18,28,30-34,38-48,50,60-64,66-67H,14,19-27,29H2,1-13H3/t30-,31-,32-,33-,34+,38?,39+,40-,41+,42-,43-,44+,45-,46-,47-,48+,50+,51-,52-,53-/m1/s1. The van der Waals surface area contributed by atoms with E-state index in [1.807, 2.05) is 37.7 Å². The Labute approximate surface area is 437 Å². The minimum Gasteiger partial charge on any atom is -0.459 e. The van der Waals surface area contributed by atoms with Crippen molar-refractivity contribution in [1.29, 1.82) is 0 Å². The number of hydrogen-bond acceptors (Lipinski definition) is 19. The molecule has 7 N–H and O–H groups in total. The van der Waals surface area contributed by atoms with Crippen LogP contribution in [0.4, 0.5) is 4.39 Å². The molecule has 0 spiro atoms. The van der Waals surface area contributed by atoms with Gasteiger partial charge in [-0.2, -0.15) is 0 Å². The zero-order valence-corrected chi connectivity index (χ0v) is 46.0. The fourth-order valence-electron chi connectivity index (χ4n) is 11.1. The van der Waals surface area contributed by atoms with Gasteiger partial charge in [-0.3, -0.25) is 4.79 Å². The maximum Gasteiger partial charge on any atom is 0.311 e. The van der Waals surface area contributed by atoms with E-state index in [9.17, 15) is 44.9 Å². The molecule has 0 bridgehead atoms. The first-order valence-corrected chi connectivity index (χ1v) is 26.4. The number of aromatic nitrogens is 3. The third-order valence-corrected chi connectivity index (χ3v) is 16.1. The van der Waals surface area contributed by atoms with Crippen molar-refractivity contribution in [1.82, 2.24) is 24.8 Å². The second kappa shape index (κ2) is 26.7. The van der Waals surface area contributed by atoms with Gasteiger partial charge in [0.2, 0.25) is 0 Å². The van der Waals surface area contributed by atoms with Gasteiger partial charge in [-0.1, -0.05) is 43.3 Å². The SMILES string of the molecule is CC[C@H]1OC(=O)[C@H](C)[C@@H](O[C@H]2C[C@@](C)(OC)[C@@H](O)[C@H](C)O2)C[C@@H](O[C@@H]2O[C@H](C)C[C@H](N(C)CCc3cn([C@H](CF)[C@H](OC)c4ccc(CC(O)CO)cc4)nn3)[C@H]2O)[C@](C)(O)C[C@@H](C)CN(C)[C@H](C)[C@@H](O)[C@]1(C)O. The second-order valence-electron chi connectivity index (χ2n) is 22.3. The largest absolute Gasteiger partial charge is 0.459 e. The van der Waals surface area contributed by atoms with Crippen LogP contribution in [0.2, 0.25) is 0 Å². The molecule has 74 heavy (non-hydrogen) atoms. The molecule has 20 atom stereocenters. The van der Waals surface area contributed by atoms with Crippen LogP contribution in [0.15, 0.2) is 30.5 Å². The highest BCUT2D eigenvalue weighted by Crippen LogP contribution is 2.39. The van der Waals surface area contributed by atoms with Gasteiger partial charge in [0, 0.05) is 71.3 Å². The lowest BCUT2D eigenvalue weighted by molar-refractivity contribution is -0.308. The maximum atomic E-state index is 14.8. The quantitative estimate of drug-likeness (QED) is 0.106. The van der Waals surface area contributed by atoms with Gasteiger partial charge in [-0.05, 0) is 98.9 Å². The van der Waals surface area contributed by atoms with Crippen LogP contribution in [-0.4, -0.2) is 218 Å². The molecule has 1 unspecified atom stereocenters. The lowest BCUT2D eigenvalue weighted by Gasteiger charge is -2.47. The molecule has 424 valence electrons. The molecule has 5 rings (SSSR count). The Morgan fingerprint density at radius 3 is 2.26 bits per heavy atom. The topological polar surface area (TPSA) is 260 Å². The van der Waals surface area contributed by atoms with Crippen LogP contribution in [0.1, 0.15) is 123 Å². The number of carbonyl (C=O) groups is 1. The lowest BCUT2D eigenvalue weighted by atomic mass is 9.83. The van der Waals surface area contributed by atoms with Crippen molar-refractivity contribution in [3.63, 3.8) is 0 Å². The van der Waals surface area contributed by atoms with Gasteiger partial charge in [-0.25, -0.2) is 9.07 Å². The van der Waals surface area contributed by atoms with E-state index in [1.165, 1.54) is 25.8 Å². The van der Waals surface area contributed by atoms with Gasteiger partial charge in [-0.15, -0.1) is 5.10 Å². The molecule has 20 nitrogen and oxygen atoms in total. The van der Waals surface area contributed by atoms with E-state index in [0.717, 1.165) is 5.56 Å².